The monoisotopic (exact) mass is 208 g/mol. The van der Waals surface area contributed by atoms with Crippen LogP contribution in [0.1, 0.15) is 5.56 Å². The molecule has 0 N–H and O–H groups in total. The van der Waals surface area contributed by atoms with Gasteiger partial charge in [0.15, 0.2) is 0 Å². The van der Waals surface area contributed by atoms with Gasteiger partial charge in [-0.1, -0.05) is 60.7 Å². The van der Waals surface area contributed by atoms with Gasteiger partial charge in [-0.2, -0.15) is 0 Å². The summed E-state index contributed by atoms with van der Waals surface area (Å²) in [4.78, 5) is 10.1. The number of carbonyl (C=O) groups excluding carboxylic acids is 1. The lowest BCUT2D eigenvalue weighted by Crippen LogP contribution is -1.76. The molecule has 0 aliphatic heterocycles. The first kappa shape index (κ1) is 10.4. The van der Waals surface area contributed by atoms with E-state index in [0.29, 0.717) is 0 Å². The van der Waals surface area contributed by atoms with Gasteiger partial charge >= 0.3 is 0 Å². The van der Waals surface area contributed by atoms with E-state index in [1.807, 2.05) is 30.4 Å². The molecule has 0 bridgehead atoms. The highest BCUT2D eigenvalue weighted by molar-refractivity contribution is 5.90. The van der Waals surface area contributed by atoms with Crippen LogP contribution in [0.25, 0.3) is 16.8 Å². The summed E-state index contributed by atoms with van der Waals surface area (Å²) in [5, 5.41) is 2.45. The minimum atomic E-state index is 0.771. The van der Waals surface area contributed by atoms with Crippen LogP contribution in [0.4, 0.5) is 0 Å². The molecule has 2 aromatic rings. The lowest BCUT2D eigenvalue weighted by molar-refractivity contribution is -0.104. The first-order valence-electron chi connectivity index (χ1n) is 5.18. The van der Waals surface area contributed by atoms with E-state index < -0.39 is 0 Å². The van der Waals surface area contributed by atoms with Gasteiger partial charge < -0.3 is 0 Å². The first-order valence-corrected chi connectivity index (χ1v) is 5.18. The lowest BCUT2D eigenvalue weighted by atomic mass is 10.0. The molecule has 0 aliphatic rings. The Morgan fingerprint density at radius 3 is 2.50 bits per heavy atom. The maximum absolute atomic E-state index is 10.1. The van der Waals surface area contributed by atoms with Crippen molar-refractivity contribution >= 4 is 23.1 Å². The number of fused-ring (bicyclic) bond motifs is 1. The van der Waals surface area contributed by atoms with Crippen LogP contribution in [0.3, 0.4) is 0 Å². The number of carbonyl (C=O) groups is 1. The third-order valence-electron chi connectivity index (χ3n) is 2.40. The maximum atomic E-state index is 10.1. The molecule has 0 amide bonds. The fourth-order valence-corrected chi connectivity index (χ4v) is 1.66. The van der Waals surface area contributed by atoms with Crippen LogP contribution in [-0.2, 0) is 4.79 Å². The van der Waals surface area contributed by atoms with Crippen LogP contribution in [-0.4, -0.2) is 6.29 Å². The fourth-order valence-electron chi connectivity index (χ4n) is 1.66. The molecule has 78 valence electrons. The molecule has 0 aromatic heterocycles. The lowest BCUT2D eigenvalue weighted by Gasteiger charge is -2.00. The van der Waals surface area contributed by atoms with Gasteiger partial charge in [-0.25, -0.2) is 0 Å². The average Bonchev–Trinajstić information content (AvgIpc) is 2.35. The Morgan fingerprint density at radius 2 is 1.62 bits per heavy atom. The predicted molar refractivity (Wildman–Crippen MR) is 68.2 cm³/mol. The Bertz CT molecular complexity index is 545. The molecule has 0 spiro atoms. The molecule has 0 atom stereocenters. The van der Waals surface area contributed by atoms with E-state index in [2.05, 4.69) is 24.3 Å². The van der Waals surface area contributed by atoms with Gasteiger partial charge in [-0.3, -0.25) is 4.79 Å². The molecule has 2 rings (SSSR count). The number of allylic oxidation sites excluding steroid dienone is 3. The van der Waals surface area contributed by atoms with Gasteiger partial charge in [0.25, 0.3) is 0 Å². The van der Waals surface area contributed by atoms with Crippen LogP contribution in [0.15, 0.2) is 60.7 Å². The molecular weight excluding hydrogens is 196 g/mol. The van der Waals surface area contributed by atoms with Crippen molar-refractivity contribution in [3.05, 3.63) is 66.3 Å². The number of aldehydes is 1. The van der Waals surface area contributed by atoms with Crippen molar-refractivity contribution in [2.45, 2.75) is 0 Å². The number of hydrogen-bond acceptors (Lipinski definition) is 1. The Morgan fingerprint density at radius 1 is 0.812 bits per heavy atom. The highest BCUT2D eigenvalue weighted by Gasteiger charge is 1.94. The summed E-state index contributed by atoms with van der Waals surface area (Å²) in [6.45, 7) is 0. The zero-order chi connectivity index (χ0) is 11.2. The van der Waals surface area contributed by atoms with Crippen LogP contribution in [0.5, 0.6) is 0 Å². The zero-order valence-corrected chi connectivity index (χ0v) is 8.84. The molecule has 0 unspecified atom stereocenters. The quantitative estimate of drug-likeness (QED) is 0.428. The van der Waals surface area contributed by atoms with E-state index >= 15 is 0 Å². The zero-order valence-electron chi connectivity index (χ0n) is 8.84. The molecule has 0 heterocycles. The van der Waals surface area contributed by atoms with Crippen molar-refractivity contribution in [2.24, 2.45) is 0 Å². The van der Waals surface area contributed by atoms with Crippen LogP contribution < -0.4 is 0 Å². The SMILES string of the molecule is O=C/C=C/C=C/c1cccc2ccccc12. The van der Waals surface area contributed by atoms with Gasteiger partial charge in [0, 0.05) is 0 Å². The summed E-state index contributed by atoms with van der Waals surface area (Å²) in [6, 6.07) is 14.4. The van der Waals surface area contributed by atoms with E-state index in [4.69, 9.17) is 0 Å². The van der Waals surface area contributed by atoms with Crippen molar-refractivity contribution < 1.29 is 4.79 Å². The van der Waals surface area contributed by atoms with Crippen molar-refractivity contribution in [3.63, 3.8) is 0 Å². The predicted octanol–water partition coefficient (Wildman–Crippen LogP) is 3.61. The number of rotatable bonds is 3. The molecule has 1 nitrogen and oxygen atoms in total. The molecule has 0 fully saturated rings. The van der Waals surface area contributed by atoms with Crippen LogP contribution >= 0.6 is 0 Å². The second-order valence-corrected chi connectivity index (χ2v) is 3.45. The van der Waals surface area contributed by atoms with Crippen molar-refractivity contribution in [1.29, 1.82) is 0 Å². The second-order valence-electron chi connectivity index (χ2n) is 3.45. The Balaban J connectivity index is 2.41. The highest BCUT2D eigenvalue weighted by Crippen LogP contribution is 2.19. The second kappa shape index (κ2) is 5.08. The minimum absolute atomic E-state index is 0.771. The summed E-state index contributed by atoms with van der Waals surface area (Å²) < 4.78 is 0. The van der Waals surface area contributed by atoms with Crippen molar-refractivity contribution in [3.8, 4) is 0 Å². The summed E-state index contributed by atoms with van der Waals surface area (Å²) in [5.41, 5.74) is 1.16. The topological polar surface area (TPSA) is 17.1 Å². The molecule has 0 saturated heterocycles. The standard InChI is InChI=1S/C15H12O/c16-12-5-1-2-7-13-9-6-10-14-8-3-4-11-15(13)14/h1-12H/b5-1+,7-2+. The average molecular weight is 208 g/mol. The van der Waals surface area contributed by atoms with Gasteiger partial charge in [-0.05, 0) is 22.4 Å². The summed E-state index contributed by atoms with van der Waals surface area (Å²) >= 11 is 0. The van der Waals surface area contributed by atoms with Gasteiger partial charge in [0.2, 0.25) is 0 Å². The molecule has 1 heteroatoms. The van der Waals surface area contributed by atoms with E-state index in [-0.39, 0.29) is 0 Å². The smallest absolute Gasteiger partial charge is 0.142 e. The largest absolute Gasteiger partial charge is 0.299 e. The summed E-state index contributed by atoms with van der Waals surface area (Å²) in [6.07, 6.45) is 7.85. The van der Waals surface area contributed by atoms with Crippen molar-refractivity contribution in [2.75, 3.05) is 0 Å². The van der Waals surface area contributed by atoms with Gasteiger partial charge in [0.05, 0.1) is 0 Å². The molecular formula is C15H12O. The minimum Gasteiger partial charge on any atom is -0.299 e. The van der Waals surface area contributed by atoms with Gasteiger partial charge in [0.1, 0.15) is 6.29 Å². The molecule has 2 aromatic carbocycles. The summed E-state index contributed by atoms with van der Waals surface area (Å²) in [5.74, 6) is 0. The number of hydrogen-bond donors (Lipinski definition) is 0. The van der Waals surface area contributed by atoms with Gasteiger partial charge in [-0.15, -0.1) is 0 Å². The molecule has 16 heavy (non-hydrogen) atoms. The number of benzene rings is 2. The first-order chi connectivity index (χ1) is 7.92. The summed E-state index contributed by atoms with van der Waals surface area (Å²) in [7, 11) is 0. The van der Waals surface area contributed by atoms with E-state index in [9.17, 15) is 4.79 Å². The third kappa shape index (κ3) is 2.26. The van der Waals surface area contributed by atoms with Crippen LogP contribution in [0, 0.1) is 0 Å². The Kier molecular flexibility index (Phi) is 3.29. The highest BCUT2D eigenvalue weighted by atomic mass is 16.1. The molecule has 0 aliphatic carbocycles. The van der Waals surface area contributed by atoms with E-state index in [1.54, 1.807) is 6.08 Å². The Labute approximate surface area is 94.7 Å². The third-order valence-corrected chi connectivity index (χ3v) is 2.40. The molecule has 0 saturated carbocycles. The fraction of sp³-hybridized carbons (Fsp3) is 0. The molecule has 0 radical (unpaired) electrons. The van der Waals surface area contributed by atoms with Crippen LogP contribution in [0.2, 0.25) is 0 Å². The van der Waals surface area contributed by atoms with Crippen molar-refractivity contribution in [1.82, 2.24) is 0 Å². The van der Waals surface area contributed by atoms with E-state index in [1.165, 1.54) is 16.8 Å². The van der Waals surface area contributed by atoms with E-state index in [0.717, 1.165) is 11.8 Å². The Hall–Kier alpha value is -2.15. The normalized spacial score (nSPS) is 11.5. The maximum Gasteiger partial charge on any atom is 0.142 e.